The summed E-state index contributed by atoms with van der Waals surface area (Å²) >= 11 is 4.83. The highest BCUT2D eigenvalue weighted by Gasteiger charge is 2.13. The minimum atomic E-state index is -0.536. The molecule has 3 N–H and O–H groups in total. The summed E-state index contributed by atoms with van der Waals surface area (Å²) < 4.78 is 1.02. The van der Waals surface area contributed by atoms with Gasteiger partial charge in [0.1, 0.15) is 6.10 Å². The van der Waals surface area contributed by atoms with Gasteiger partial charge in [-0.3, -0.25) is 0 Å². The first-order valence-electron chi connectivity index (χ1n) is 3.30. The minimum Gasteiger partial charge on any atom is -0.386 e. The van der Waals surface area contributed by atoms with Crippen molar-refractivity contribution in [2.75, 3.05) is 0 Å². The Labute approximate surface area is 78.2 Å². The molecule has 2 unspecified atom stereocenters. The molecular weight excluding hydrogens is 226 g/mol. The van der Waals surface area contributed by atoms with Crippen LogP contribution in [0.2, 0.25) is 0 Å². The number of halogens is 1. The Hall–Kier alpha value is 0.1000. The van der Waals surface area contributed by atoms with Crippen LogP contribution in [-0.4, -0.2) is 11.1 Å². The van der Waals surface area contributed by atoms with Gasteiger partial charge in [0.15, 0.2) is 0 Å². The van der Waals surface area contributed by atoms with E-state index in [9.17, 15) is 5.11 Å². The van der Waals surface area contributed by atoms with Crippen molar-refractivity contribution in [3.05, 3.63) is 20.8 Å². The van der Waals surface area contributed by atoms with Crippen LogP contribution in [0.1, 0.15) is 17.9 Å². The molecule has 1 aromatic rings. The van der Waals surface area contributed by atoms with Crippen molar-refractivity contribution in [3.8, 4) is 0 Å². The Morgan fingerprint density at radius 1 is 1.64 bits per heavy atom. The van der Waals surface area contributed by atoms with E-state index < -0.39 is 6.10 Å². The van der Waals surface area contributed by atoms with Gasteiger partial charge in [-0.25, -0.2) is 0 Å². The Kier molecular flexibility index (Phi) is 3.06. The third-order valence-electron chi connectivity index (χ3n) is 1.38. The van der Waals surface area contributed by atoms with E-state index in [1.54, 1.807) is 6.92 Å². The standard InChI is InChI=1S/C7H10BrNOS/c1-4(9)7(10)5-2-3-6(8)11-5/h2-4,7,10H,9H2,1H3. The van der Waals surface area contributed by atoms with Crippen LogP contribution in [0.25, 0.3) is 0 Å². The fourth-order valence-electron chi connectivity index (χ4n) is 0.746. The molecule has 0 saturated carbocycles. The Balaban J connectivity index is 2.76. The lowest BCUT2D eigenvalue weighted by atomic mass is 10.2. The third kappa shape index (κ3) is 2.27. The first kappa shape index (κ1) is 9.19. The van der Waals surface area contributed by atoms with Gasteiger partial charge in [-0.05, 0) is 35.0 Å². The molecule has 2 atom stereocenters. The highest BCUT2D eigenvalue weighted by Crippen LogP contribution is 2.28. The van der Waals surface area contributed by atoms with Crippen molar-refractivity contribution < 1.29 is 5.11 Å². The zero-order chi connectivity index (χ0) is 8.43. The van der Waals surface area contributed by atoms with Gasteiger partial charge in [0.25, 0.3) is 0 Å². The number of hydrogen-bond acceptors (Lipinski definition) is 3. The average Bonchev–Trinajstić information content (AvgIpc) is 2.34. The molecule has 62 valence electrons. The third-order valence-corrected chi connectivity index (χ3v) is 3.08. The van der Waals surface area contributed by atoms with Crippen LogP contribution in [0.3, 0.4) is 0 Å². The van der Waals surface area contributed by atoms with E-state index in [4.69, 9.17) is 5.73 Å². The molecule has 11 heavy (non-hydrogen) atoms. The first-order valence-corrected chi connectivity index (χ1v) is 4.91. The van der Waals surface area contributed by atoms with Crippen molar-refractivity contribution in [1.82, 2.24) is 0 Å². The SMILES string of the molecule is CC(N)C(O)c1ccc(Br)s1. The van der Waals surface area contributed by atoms with Crippen LogP contribution in [0.15, 0.2) is 15.9 Å². The molecule has 0 bridgehead atoms. The predicted molar refractivity (Wildman–Crippen MR) is 50.6 cm³/mol. The molecule has 2 nitrogen and oxygen atoms in total. The molecule has 0 aliphatic carbocycles. The number of aliphatic hydroxyl groups is 1. The lowest BCUT2D eigenvalue weighted by Gasteiger charge is -2.11. The van der Waals surface area contributed by atoms with Gasteiger partial charge in [-0.2, -0.15) is 0 Å². The van der Waals surface area contributed by atoms with Crippen LogP contribution in [0.5, 0.6) is 0 Å². The number of nitrogens with two attached hydrogens (primary N) is 1. The van der Waals surface area contributed by atoms with Crippen LogP contribution in [0.4, 0.5) is 0 Å². The molecule has 1 rings (SSSR count). The van der Waals surface area contributed by atoms with Crippen molar-refractivity contribution in [1.29, 1.82) is 0 Å². The summed E-state index contributed by atoms with van der Waals surface area (Å²) in [6, 6.07) is 3.58. The molecule has 0 radical (unpaired) electrons. The summed E-state index contributed by atoms with van der Waals surface area (Å²) in [5, 5.41) is 9.48. The van der Waals surface area contributed by atoms with Gasteiger partial charge in [0.05, 0.1) is 3.79 Å². The van der Waals surface area contributed by atoms with Gasteiger partial charge < -0.3 is 10.8 Å². The Morgan fingerprint density at radius 2 is 2.27 bits per heavy atom. The molecule has 0 aromatic carbocycles. The number of aliphatic hydroxyl groups excluding tert-OH is 1. The zero-order valence-corrected chi connectivity index (χ0v) is 8.52. The molecule has 0 aliphatic rings. The monoisotopic (exact) mass is 235 g/mol. The van der Waals surface area contributed by atoms with Crippen molar-refractivity contribution >= 4 is 27.3 Å². The maximum Gasteiger partial charge on any atom is 0.103 e. The van der Waals surface area contributed by atoms with Gasteiger partial charge in [-0.1, -0.05) is 0 Å². The van der Waals surface area contributed by atoms with Crippen LogP contribution in [-0.2, 0) is 0 Å². The summed E-state index contributed by atoms with van der Waals surface area (Å²) in [5.41, 5.74) is 5.52. The van der Waals surface area contributed by atoms with E-state index in [0.717, 1.165) is 8.66 Å². The minimum absolute atomic E-state index is 0.208. The maximum atomic E-state index is 9.48. The summed E-state index contributed by atoms with van der Waals surface area (Å²) in [6.45, 7) is 1.79. The van der Waals surface area contributed by atoms with E-state index in [0.29, 0.717) is 0 Å². The normalized spacial score (nSPS) is 16.4. The lowest BCUT2D eigenvalue weighted by Crippen LogP contribution is -2.23. The predicted octanol–water partition coefficient (Wildman–Crippen LogP) is 1.89. The van der Waals surface area contributed by atoms with E-state index in [-0.39, 0.29) is 6.04 Å². The van der Waals surface area contributed by atoms with Gasteiger partial charge in [0.2, 0.25) is 0 Å². The van der Waals surface area contributed by atoms with Crippen LogP contribution < -0.4 is 5.73 Å². The smallest absolute Gasteiger partial charge is 0.103 e. The molecule has 0 saturated heterocycles. The first-order chi connectivity index (χ1) is 5.11. The fourth-order valence-corrected chi connectivity index (χ4v) is 2.27. The van der Waals surface area contributed by atoms with Crippen molar-refractivity contribution in [2.45, 2.75) is 19.1 Å². The second-order valence-corrected chi connectivity index (χ2v) is 4.94. The molecule has 0 spiro atoms. The second kappa shape index (κ2) is 3.67. The average molecular weight is 236 g/mol. The lowest BCUT2D eigenvalue weighted by molar-refractivity contribution is 0.157. The summed E-state index contributed by atoms with van der Waals surface area (Å²) in [4.78, 5) is 0.909. The number of rotatable bonds is 2. The molecule has 4 heteroatoms. The summed E-state index contributed by atoms with van der Waals surface area (Å²) in [6.07, 6.45) is -0.536. The van der Waals surface area contributed by atoms with E-state index in [1.807, 2.05) is 12.1 Å². The summed E-state index contributed by atoms with van der Waals surface area (Å²) in [5.74, 6) is 0. The van der Waals surface area contributed by atoms with Crippen molar-refractivity contribution in [2.24, 2.45) is 5.73 Å². The highest BCUT2D eigenvalue weighted by molar-refractivity contribution is 9.11. The molecule has 0 amide bonds. The van der Waals surface area contributed by atoms with Gasteiger partial charge in [0, 0.05) is 10.9 Å². The largest absolute Gasteiger partial charge is 0.386 e. The topological polar surface area (TPSA) is 46.2 Å². The molecule has 0 fully saturated rings. The van der Waals surface area contributed by atoms with Gasteiger partial charge in [-0.15, -0.1) is 11.3 Å². The van der Waals surface area contributed by atoms with Crippen LogP contribution in [0, 0.1) is 0 Å². The van der Waals surface area contributed by atoms with E-state index in [2.05, 4.69) is 15.9 Å². The number of hydrogen-bond donors (Lipinski definition) is 2. The highest BCUT2D eigenvalue weighted by atomic mass is 79.9. The number of thiophene rings is 1. The Bertz CT molecular complexity index is 236. The molecule has 1 aromatic heterocycles. The maximum absolute atomic E-state index is 9.48. The summed E-state index contributed by atoms with van der Waals surface area (Å²) in [7, 11) is 0. The molecular formula is C7H10BrNOS. The van der Waals surface area contributed by atoms with Gasteiger partial charge >= 0.3 is 0 Å². The second-order valence-electron chi connectivity index (χ2n) is 2.45. The zero-order valence-electron chi connectivity index (χ0n) is 6.12. The van der Waals surface area contributed by atoms with E-state index in [1.165, 1.54) is 11.3 Å². The van der Waals surface area contributed by atoms with Crippen molar-refractivity contribution in [3.63, 3.8) is 0 Å². The quantitative estimate of drug-likeness (QED) is 0.823. The Morgan fingerprint density at radius 3 is 2.64 bits per heavy atom. The molecule has 0 aliphatic heterocycles. The molecule has 1 heterocycles. The fraction of sp³-hybridized carbons (Fsp3) is 0.429. The van der Waals surface area contributed by atoms with E-state index >= 15 is 0 Å². The van der Waals surface area contributed by atoms with Crippen LogP contribution >= 0.6 is 27.3 Å².